The van der Waals surface area contributed by atoms with Crippen molar-refractivity contribution in [3.63, 3.8) is 0 Å². The summed E-state index contributed by atoms with van der Waals surface area (Å²) in [7, 11) is 0. The van der Waals surface area contributed by atoms with Crippen molar-refractivity contribution in [2.45, 2.75) is 18.4 Å². The number of carbonyl (C=O) groups is 2. The van der Waals surface area contributed by atoms with Crippen LogP contribution in [0.25, 0.3) is 22.2 Å². The fourth-order valence-corrected chi connectivity index (χ4v) is 3.87. The zero-order valence-electron chi connectivity index (χ0n) is 17.9. The van der Waals surface area contributed by atoms with Crippen LogP contribution in [0, 0.1) is 0 Å². The number of nitrogens with zero attached hydrogens (tertiary/aromatic N) is 1. The van der Waals surface area contributed by atoms with E-state index in [1.54, 1.807) is 11.8 Å². The van der Waals surface area contributed by atoms with Crippen LogP contribution in [0.2, 0.25) is 0 Å². The van der Waals surface area contributed by atoms with Gasteiger partial charge in [-0.3, -0.25) is 9.59 Å². The van der Waals surface area contributed by atoms with Gasteiger partial charge in [0.15, 0.2) is 0 Å². The second-order valence-corrected chi connectivity index (χ2v) is 8.24. The largest absolute Gasteiger partial charge is 0.348 e. The first-order valence-electron chi connectivity index (χ1n) is 10.2. The highest BCUT2D eigenvalue weighted by Gasteiger charge is 2.14. The van der Waals surface area contributed by atoms with Gasteiger partial charge in [-0.25, -0.2) is 4.98 Å². The number of para-hydroxylation sites is 1. The van der Waals surface area contributed by atoms with E-state index < -0.39 is 0 Å². The summed E-state index contributed by atoms with van der Waals surface area (Å²) in [6.45, 7) is 1.92. The molecule has 4 aromatic rings. The molecular formula is C26H23N3O2S. The van der Waals surface area contributed by atoms with Crippen LogP contribution in [0.5, 0.6) is 0 Å². The maximum absolute atomic E-state index is 13.1. The number of hydrogen-bond acceptors (Lipinski definition) is 4. The molecule has 160 valence electrons. The maximum atomic E-state index is 13.1. The SMILES string of the molecule is CSc1ccc(CNC(=O)c2cc(-c3ccc(NC(C)=O)cc3)nc3ccccc23)cc1. The minimum Gasteiger partial charge on any atom is -0.348 e. The number of benzene rings is 3. The van der Waals surface area contributed by atoms with Crippen LogP contribution in [0.1, 0.15) is 22.8 Å². The first kappa shape index (κ1) is 21.6. The van der Waals surface area contributed by atoms with E-state index in [-0.39, 0.29) is 11.8 Å². The Morgan fingerprint density at radius 2 is 1.66 bits per heavy atom. The molecule has 0 bridgehead atoms. The average molecular weight is 442 g/mol. The number of rotatable bonds is 6. The van der Waals surface area contributed by atoms with Crippen molar-refractivity contribution >= 4 is 40.2 Å². The van der Waals surface area contributed by atoms with Crippen LogP contribution in [-0.2, 0) is 11.3 Å². The van der Waals surface area contributed by atoms with Gasteiger partial charge in [0.05, 0.1) is 16.8 Å². The number of carbonyl (C=O) groups excluding carboxylic acids is 2. The highest BCUT2D eigenvalue weighted by Crippen LogP contribution is 2.26. The molecule has 0 spiro atoms. The van der Waals surface area contributed by atoms with Gasteiger partial charge < -0.3 is 10.6 Å². The molecule has 32 heavy (non-hydrogen) atoms. The van der Waals surface area contributed by atoms with Crippen molar-refractivity contribution in [3.05, 3.63) is 90.0 Å². The van der Waals surface area contributed by atoms with Crippen molar-refractivity contribution < 1.29 is 9.59 Å². The minimum atomic E-state index is -0.145. The van der Waals surface area contributed by atoms with Crippen molar-refractivity contribution in [1.29, 1.82) is 0 Å². The van der Waals surface area contributed by atoms with E-state index in [0.717, 1.165) is 22.0 Å². The molecule has 1 heterocycles. The van der Waals surface area contributed by atoms with Gasteiger partial charge in [-0.2, -0.15) is 0 Å². The molecule has 1 aromatic heterocycles. The molecule has 2 amide bonds. The molecule has 0 atom stereocenters. The third-order valence-electron chi connectivity index (χ3n) is 5.07. The van der Waals surface area contributed by atoms with E-state index in [2.05, 4.69) is 22.8 Å². The van der Waals surface area contributed by atoms with Crippen LogP contribution in [0.4, 0.5) is 5.69 Å². The Kier molecular flexibility index (Phi) is 6.52. The number of hydrogen-bond donors (Lipinski definition) is 2. The second kappa shape index (κ2) is 9.66. The standard InChI is InChI=1S/C26H23N3O2S/c1-17(30)28-20-11-9-19(10-12-20)25-15-23(22-5-3-4-6-24(22)29-25)26(31)27-16-18-7-13-21(32-2)14-8-18/h3-15H,16H2,1-2H3,(H,27,31)(H,28,30). The predicted octanol–water partition coefficient (Wildman–Crippen LogP) is 5.51. The fourth-order valence-electron chi connectivity index (χ4n) is 3.46. The zero-order chi connectivity index (χ0) is 22.5. The molecule has 0 saturated carbocycles. The van der Waals surface area contributed by atoms with E-state index >= 15 is 0 Å². The predicted molar refractivity (Wildman–Crippen MR) is 131 cm³/mol. The first-order chi connectivity index (χ1) is 15.5. The molecule has 0 fully saturated rings. The minimum absolute atomic E-state index is 0.122. The van der Waals surface area contributed by atoms with Gasteiger partial charge >= 0.3 is 0 Å². The summed E-state index contributed by atoms with van der Waals surface area (Å²) < 4.78 is 0. The number of amides is 2. The number of fused-ring (bicyclic) bond motifs is 1. The van der Waals surface area contributed by atoms with Gasteiger partial charge in [0.2, 0.25) is 5.91 Å². The highest BCUT2D eigenvalue weighted by molar-refractivity contribution is 7.98. The first-order valence-corrected chi connectivity index (χ1v) is 11.4. The number of nitrogens with one attached hydrogen (secondary N) is 2. The lowest BCUT2D eigenvalue weighted by Gasteiger charge is -2.11. The monoisotopic (exact) mass is 441 g/mol. The van der Waals surface area contributed by atoms with Gasteiger partial charge in [-0.15, -0.1) is 11.8 Å². The van der Waals surface area contributed by atoms with Gasteiger partial charge in [0.25, 0.3) is 5.91 Å². The Bertz CT molecular complexity index is 1270. The zero-order valence-corrected chi connectivity index (χ0v) is 18.7. The summed E-state index contributed by atoms with van der Waals surface area (Å²) >= 11 is 1.69. The van der Waals surface area contributed by atoms with Crippen molar-refractivity contribution in [2.24, 2.45) is 0 Å². The molecule has 0 aliphatic carbocycles. The van der Waals surface area contributed by atoms with Crippen LogP contribution in [0.3, 0.4) is 0 Å². The van der Waals surface area contributed by atoms with Crippen molar-refractivity contribution in [1.82, 2.24) is 10.3 Å². The Morgan fingerprint density at radius 3 is 2.34 bits per heavy atom. The Morgan fingerprint density at radius 1 is 0.938 bits per heavy atom. The number of pyridine rings is 1. The summed E-state index contributed by atoms with van der Waals surface area (Å²) in [6, 6.07) is 25.0. The van der Waals surface area contributed by atoms with Crippen LogP contribution in [0.15, 0.2) is 83.8 Å². The Labute approximate surface area is 191 Å². The lowest BCUT2D eigenvalue weighted by atomic mass is 10.0. The quantitative estimate of drug-likeness (QED) is 0.387. The van der Waals surface area contributed by atoms with Crippen LogP contribution < -0.4 is 10.6 Å². The topological polar surface area (TPSA) is 71.1 Å². The second-order valence-electron chi connectivity index (χ2n) is 7.36. The molecule has 0 radical (unpaired) electrons. The molecule has 0 aliphatic heterocycles. The van der Waals surface area contributed by atoms with E-state index in [4.69, 9.17) is 4.98 Å². The maximum Gasteiger partial charge on any atom is 0.252 e. The highest BCUT2D eigenvalue weighted by atomic mass is 32.2. The third-order valence-corrected chi connectivity index (χ3v) is 5.82. The summed E-state index contributed by atoms with van der Waals surface area (Å²) in [4.78, 5) is 30.3. The summed E-state index contributed by atoms with van der Waals surface area (Å²) in [5.41, 5.74) is 4.66. The average Bonchev–Trinajstić information content (AvgIpc) is 2.82. The third kappa shape index (κ3) is 4.98. The molecule has 4 rings (SSSR count). The lowest BCUT2D eigenvalue weighted by molar-refractivity contribution is -0.114. The van der Waals surface area contributed by atoms with E-state index in [0.29, 0.717) is 23.5 Å². The van der Waals surface area contributed by atoms with Gasteiger partial charge in [0.1, 0.15) is 0 Å². The molecule has 3 aromatic carbocycles. The molecule has 0 saturated heterocycles. The van der Waals surface area contributed by atoms with Crippen LogP contribution in [-0.4, -0.2) is 23.1 Å². The number of thioether (sulfide) groups is 1. The number of anilines is 1. The van der Waals surface area contributed by atoms with E-state index in [1.807, 2.05) is 73.0 Å². The van der Waals surface area contributed by atoms with Crippen LogP contribution >= 0.6 is 11.8 Å². The Balaban J connectivity index is 1.62. The Hall–Kier alpha value is -3.64. The van der Waals surface area contributed by atoms with E-state index in [9.17, 15) is 9.59 Å². The normalized spacial score (nSPS) is 10.7. The summed E-state index contributed by atoms with van der Waals surface area (Å²) in [5, 5.41) is 6.60. The van der Waals surface area contributed by atoms with Gasteiger partial charge in [-0.05, 0) is 48.2 Å². The smallest absolute Gasteiger partial charge is 0.252 e. The molecule has 2 N–H and O–H groups in total. The van der Waals surface area contributed by atoms with Gasteiger partial charge in [0, 0.05) is 35.0 Å². The molecule has 0 aliphatic rings. The fraction of sp³-hybridized carbons (Fsp3) is 0.115. The molecule has 0 unspecified atom stereocenters. The molecule has 5 nitrogen and oxygen atoms in total. The van der Waals surface area contributed by atoms with Crippen molar-refractivity contribution in [3.8, 4) is 11.3 Å². The van der Waals surface area contributed by atoms with E-state index in [1.165, 1.54) is 11.8 Å². The van der Waals surface area contributed by atoms with Gasteiger partial charge in [-0.1, -0.05) is 42.5 Å². The van der Waals surface area contributed by atoms with Crippen molar-refractivity contribution in [2.75, 3.05) is 11.6 Å². The summed E-state index contributed by atoms with van der Waals surface area (Å²) in [6.07, 6.45) is 2.04. The number of aromatic nitrogens is 1. The molecular weight excluding hydrogens is 418 g/mol. The summed E-state index contributed by atoms with van der Waals surface area (Å²) in [5.74, 6) is -0.266. The lowest BCUT2D eigenvalue weighted by Crippen LogP contribution is -2.23. The molecule has 6 heteroatoms.